The fraction of sp³-hybridized carbons (Fsp3) is 0.368. The number of thiazole rings is 2. The monoisotopic (exact) mass is 422 g/mol. The Kier molecular flexibility index (Phi) is 8.04. The molecule has 0 aliphatic heterocycles. The van der Waals surface area contributed by atoms with Crippen LogP contribution in [0.15, 0.2) is 28.7 Å². The Bertz CT molecular complexity index is 885. The van der Waals surface area contributed by atoms with E-state index in [0.717, 1.165) is 10.7 Å². The second kappa shape index (κ2) is 10.3. The zero-order valence-electron chi connectivity index (χ0n) is 16.3. The van der Waals surface area contributed by atoms with E-state index in [-0.39, 0.29) is 17.8 Å². The molecule has 0 radical (unpaired) electrons. The Labute approximate surface area is 171 Å². The fourth-order valence-corrected chi connectivity index (χ4v) is 3.90. The number of hydrogen-bond acceptors (Lipinski definition) is 9. The highest BCUT2D eigenvalue weighted by atomic mass is 32.1. The third-order valence-corrected chi connectivity index (χ3v) is 5.74. The van der Waals surface area contributed by atoms with Crippen molar-refractivity contribution in [3.8, 4) is 10.7 Å². The number of esters is 1. The Morgan fingerprint density at radius 2 is 1.86 bits per heavy atom. The molecule has 7 nitrogen and oxygen atoms in total. The van der Waals surface area contributed by atoms with Gasteiger partial charge in [-0.25, -0.2) is 14.8 Å². The van der Waals surface area contributed by atoms with Gasteiger partial charge in [0.15, 0.2) is 10.8 Å². The molecule has 28 heavy (non-hydrogen) atoms. The molecular weight excluding hydrogens is 400 g/mol. The summed E-state index contributed by atoms with van der Waals surface area (Å²) >= 11 is 2.76. The number of hydrogen-bond donors (Lipinski definition) is 0. The van der Waals surface area contributed by atoms with Gasteiger partial charge in [0.2, 0.25) is 0 Å². The summed E-state index contributed by atoms with van der Waals surface area (Å²) in [4.78, 5) is 31.7. The van der Waals surface area contributed by atoms with Gasteiger partial charge in [-0.1, -0.05) is 13.0 Å². The molecule has 2 aromatic heterocycles. The summed E-state index contributed by atoms with van der Waals surface area (Å²) in [5.41, 5.74) is 1.45. The standard InChI is InChI=1S/C19H22N2O5S2/c1-11(16(25-4)8-17(23)26-5)15(24-3)7-6-13-9-27-19(20-13)14-10-28-18(21-14)12(2)22/h6-11,15H,1-5H3/b7-6+,16-8+/t11-,15+/m1/s1. The number of carbonyl (C=O) groups is 2. The Balaban J connectivity index is 2.14. The van der Waals surface area contributed by atoms with E-state index >= 15 is 0 Å². The van der Waals surface area contributed by atoms with Crippen LogP contribution in [0, 0.1) is 5.92 Å². The predicted octanol–water partition coefficient (Wildman–Crippen LogP) is 3.84. The van der Waals surface area contributed by atoms with Crippen LogP contribution in [0.2, 0.25) is 0 Å². The van der Waals surface area contributed by atoms with Crippen molar-refractivity contribution in [1.29, 1.82) is 0 Å². The second-order valence-electron chi connectivity index (χ2n) is 5.79. The van der Waals surface area contributed by atoms with E-state index < -0.39 is 5.97 Å². The van der Waals surface area contributed by atoms with Gasteiger partial charge in [0, 0.05) is 30.7 Å². The van der Waals surface area contributed by atoms with Crippen LogP contribution in [0.1, 0.15) is 29.3 Å². The predicted molar refractivity (Wildman–Crippen MR) is 109 cm³/mol. The smallest absolute Gasteiger partial charge is 0.333 e. The van der Waals surface area contributed by atoms with E-state index in [1.54, 1.807) is 7.11 Å². The molecular formula is C19H22N2O5S2. The minimum absolute atomic E-state index is 0.0567. The van der Waals surface area contributed by atoms with Crippen LogP contribution in [0.4, 0.5) is 0 Å². The van der Waals surface area contributed by atoms with E-state index in [1.807, 2.05) is 29.8 Å². The molecule has 2 rings (SSSR count). The minimum atomic E-state index is -0.486. The fourth-order valence-electron chi connectivity index (χ4n) is 2.37. The summed E-state index contributed by atoms with van der Waals surface area (Å²) in [5, 5.41) is 4.94. The molecule has 2 heterocycles. The topological polar surface area (TPSA) is 87.6 Å². The van der Waals surface area contributed by atoms with Gasteiger partial charge in [-0.3, -0.25) is 4.79 Å². The lowest BCUT2D eigenvalue weighted by molar-refractivity contribution is -0.135. The molecule has 0 unspecified atom stereocenters. The number of rotatable bonds is 9. The van der Waals surface area contributed by atoms with Gasteiger partial charge in [-0.2, -0.15) is 0 Å². The highest BCUT2D eigenvalue weighted by molar-refractivity contribution is 7.14. The van der Waals surface area contributed by atoms with Crippen molar-refractivity contribution in [2.24, 2.45) is 5.92 Å². The van der Waals surface area contributed by atoms with Gasteiger partial charge in [0.1, 0.15) is 16.5 Å². The first-order chi connectivity index (χ1) is 13.4. The number of ketones is 1. The van der Waals surface area contributed by atoms with Gasteiger partial charge in [0.05, 0.1) is 32.1 Å². The molecule has 150 valence electrons. The first kappa shape index (κ1) is 21.9. The number of carbonyl (C=O) groups excluding carboxylic acids is 2. The summed E-state index contributed by atoms with van der Waals surface area (Å²) in [6.07, 6.45) is 4.68. The average molecular weight is 423 g/mol. The van der Waals surface area contributed by atoms with Crippen LogP contribution in [0.5, 0.6) is 0 Å². The maximum Gasteiger partial charge on any atom is 0.333 e. The number of nitrogens with zero attached hydrogens (tertiary/aromatic N) is 2. The van der Waals surface area contributed by atoms with E-state index in [1.165, 1.54) is 49.9 Å². The van der Waals surface area contributed by atoms with Crippen LogP contribution in [0.3, 0.4) is 0 Å². The zero-order valence-corrected chi connectivity index (χ0v) is 17.9. The largest absolute Gasteiger partial charge is 0.500 e. The van der Waals surface area contributed by atoms with Gasteiger partial charge < -0.3 is 14.2 Å². The molecule has 0 N–H and O–H groups in total. The van der Waals surface area contributed by atoms with Crippen LogP contribution in [-0.2, 0) is 19.0 Å². The normalized spacial score (nSPS) is 14.1. The van der Waals surface area contributed by atoms with Crippen molar-refractivity contribution in [3.05, 3.63) is 39.4 Å². The van der Waals surface area contributed by atoms with Crippen LogP contribution in [0.25, 0.3) is 16.8 Å². The van der Waals surface area contributed by atoms with E-state index in [0.29, 0.717) is 16.5 Å². The van der Waals surface area contributed by atoms with E-state index in [2.05, 4.69) is 14.7 Å². The van der Waals surface area contributed by atoms with Crippen molar-refractivity contribution < 1.29 is 23.8 Å². The molecule has 9 heteroatoms. The number of ether oxygens (including phenoxy) is 3. The summed E-state index contributed by atoms with van der Waals surface area (Å²) in [7, 11) is 4.39. The highest BCUT2D eigenvalue weighted by Gasteiger charge is 2.20. The lowest BCUT2D eigenvalue weighted by Crippen LogP contribution is -2.21. The molecule has 0 spiro atoms. The number of methoxy groups -OCH3 is 3. The number of Topliss-reactive ketones (excluding diaryl/α,β-unsaturated/α-hetero) is 1. The van der Waals surface area contributed by atoms with Gasteiger partial charge >= 0.3 is 5.97 Å². The van der Waals surface area contributed by atoms with Crippen LogP contribution in [-0.4, -0.2) is 49.2 Å². The highest BCUT2D eigenvalue weighted by Crippen LogP contribution is 2.26. The molecule has 0 bridgehead atoms. The van der Waals surface area contributed by atoms with Gasteiger partial charge in [-0.15, -0.1) is 22.7 Å². The maximum atomic E-state index is 11.5. The van der Waals surface area contributed by atoms with Crippen molar-refractivity contribution in [2.45, 2.75) is 20.0 Å². The van der Waals surface area contributed by atoms with Crippen LogP contribution >= 0.6 is 22.7 Å². The van der Waals surface area contributed by atoms with Gasteiger partial charge in [-0.05, 0) is 6.08 Å². The second-order valence-corrected chi connectivity index (χ2v) is 7.51. The molecule has 2 atom stereocenters. The average Bonchev–Trinajstić information content (AvgIpc) is 3.35. The van der Waals surface area contributed by atoms with Crippen molar-refractivity contribution in [1.82, 2.24) is 9.97 Å². The van der Waals surface area contributed by atoms with E-state index in [4.69, 9.17) is 9.47 Å². The summed E-state index contributed by atoms with van der Waals surface area (Å²) in [6.45, 7) is 3.38. The summed E-state index contributed by atoms with van der Waals surface area (Å²) < 4.78 is 15.5. The van der Waals surface area contributed by atoms with Gasteiger partial charge in [0.25, 0.3) is 0 Å². The zero-order chi connectivity index (χ0) is 20.7. The third kappa shape index (κ3) is 5.57. The van der Waals surface area contributed by atoms with Crippen molar-refractivity contribution >= 4 is 40.5 Å². The van der Waals surface area contributed by atoms with E-state index in [9.17, 15) is 9.59 Å². The number of aromatic nitrogens is 2. The molecule has 2 aromatic rings. The lowest BCUT2D eigenvalue weighted by Gasteiger charge is -2.21. The molecule has 0 saturated carbocycles. The van der Waals surface area contributed by atoms with Crippen molar-refractivity contribution in [2.75, 3.05) is 21.3 Å². The SMILES string of the molecule is COC(=O)/C=C(/OC)[C@H](C)[C@H](/C=C/c1csc(-c2csc(C(C)=O)n2)n1)OC. The molecule has 0 aromatic carbocycles. The Morgan fingerprint density at radius 1 is 1.11 bits per heavy atom. The maximum absolute atomic E-state index is 11.5. The Morgan fingerprint density at radius 3 is 2.43 bits per heavy atom. The van der Waals surface area contributed by atoms with Crippen LogP contribution < -0.4 is 0 Å². The Hall–Kier alpha value is -2.36. The first-order valence-electron chi connectivity index (χ1n) is 8.36. The molecule has 0 aliphatic rings. The van der Waals surface area contributed by atoms with Crippen molar-refractivity contribution in [3.63, 3.8) is 0 Å². The summed E-state index contributed by atoms with van der Waals surface area (Å²) in [5.74, 6) is -0.291. The molecule has 0 amide bonds. The first-order valence-corrected chi connectivity index (χ1v) is 10.1. The third-order valence-electron chi connectivity index (χ3n) is 3.91. The molecule has 0 fully saturated rings. The molecule has 0 aliphatic carbocycles. The molecule has 0 saturated heterocycles. The minimum Gasteiger partial charge on any atom is -0.500 e. The quantitative estimate of drug-likeness (QED) is 0.263. The lowest BCUT2D eigenvalue weighted by atomic mass is 10.0. The summed E-state index contributed by atoms with van der Waals surface area (Å²) in [6, 6.07) is 0.